The Bertz CT molecular complexity index is 490. The van der Waals surface area contributed by atoms with Crippen molar-refractivity contribution in [2.24, 2.45) is 5.84 Å². The summed E-state index contributed by atoms with van der Waals surface area (Å²) in [6.45, 7) is 0. The summed E-state index contributed by atoms with van der Waals surface area (Å²) in [7, 11) is 5.02. The molecule has 0 radical (unpaired) electrons. The fourth-order valence-electron chi connectivity index (χ4n) is 3.25. The van der Waals surface area contributed by atoms with Crippen molar-refractivity contribution in [2.45, 2.75) is 37.3 Å². The smallest absolute Gasteiger partial charge is 0.141 e. The van der Waals surface area contributed by atoms with Crippen LogP contribution in [0, 0.1) is 0 Å². The highest BCUT2D eigenvalue weighted by molar-refractivity contribution is 9.10. The molecule has 2 rings (SSSR count). The summed E-state index contributed by atoms with van der Waals surface area (Å²) in [6.07, 6.45) is 4.24. The Balaban J connectivity index is 2.49. The van der Waals surface area contributed by atoms with Gasteiger partial charge in [-0.15, -0.1) is 0 Å². The van der Waals surface area contributed by atoms with Gasteiger partial charge in [-0.05, 0) is 40.9 Å². The van der Waals surface area contributed by atoms with Gasteiger partial charge in [-0.25, -0.2) is 5.43 Å². The van der Waals surface area contributed by atoms with Crippen molar-refractivity contribution in [3.8, 4) is 11.5 Å². The van der Waals surface area contributed by atoms with Crippen molar-refractivity contribution in [3.05, 3.63) is 22.2 Å². The van der Waals surface area contributed by atoms with Crippen LogP contribution in [0.25, 0.3) is 0 Å². The first-order chi connectivity index (χ1) is 10.1. The molecule has 0 bridgehead atoms. The lowest BCUT2D eigenvalue weighted by Gasteiger charge is -2.37. The Morgan fingerprint density at radius 3 is 2.33 bits per heavy atom. The second-order valence-corrected chi connectivity index (χ2v) is 6.07. The topological polar surface area (TPSA) is 65.7 Å². The molecule has 1 fully saturated rings. The van der Waals surface area contributed by atoms with Crippen molar-refractivity contribution in [1.29, 1.82) is 0 Å². The molecule has 0 amide bonds. The lowest BCUT2D eigenvalue weighted by Crippen LogP contribution is -2.46. The average Bonchev–Trinajstić information content (AvgIpc) is 2.98. The maximum Gasteiger partial charge on any atom is 0.141 e. The summed E-state index contributed by atoms with van der Waals surface area (Å²) in [5.41, 5.74) is 3.60. The highest BCUT2D eigenvalue weighted by atomic mass is 79.9. The first-order valence-corrected chi connectivity index (χ1v) is 7.84. The molecule has 1 unspecified atom stereocenters. The average molecular weight is 359 g/mol. The summed E-state index contributed by atoms with van der Waals surface area (Å²) in [5.74, 6) is 7.31. The minimum Gasteiger partial charge on any atom is -0.495 e. The molecule has 1 aromatic carbocycles. The fraction of sp³-hybridized carbons (Fsp3) is 0.600. The Morgan fingerprint density at radius 2 is 1.86 bits per heavy atom. The van der Waals surface area contributed by atoms with Crippen LogP contribution in [0.3, 0.4) is 0 Å². The Labute approximate surface area is 134 Å². The number of hydrogen-bond donors (Lipinski definition) is 2. The van der Waals surface area contributed by atoms with Gasteiger partial charge in [0.15, 0.2) is 0 Å². The van der Waals surface area contributed by atoms with Gasteiger partial charge in [0.25, 0.3) is 0 Å². The van der Waals surface area contributed by atoms with E-state index in [1.165, 1.54) is 0 Å². The number of methoxy groups -OCH3 is 3. The Kier molecular flexibility index (Phi) is 5.48. The Morgan fingerprint density at radius 1 is 1.19 bits per heavy atom. The summed E-state index contributed by atoms with van der Waals surface area (Å²) in [4.78, 5) is 0. The van der Waals surface area contributed by atoms with Crippen LogP contribution < -0.4 is 20.7 Å². The van der Waals surface area contributed by atoms with Crippen LogP contribution in [-0.2, 0) is 4.74 Å². The highest BCUT2D eigenvalue weighted by Crippen LogP contribution is 2.47. The molecule has 1 atom stereocenters. The van der Waals surface area contributed by atoms with E-state index in [0.717, 1.165) is 47.2 Å². The maximum absolute atomic E-state index is 5.86. The summed E-state index contributed by atoms with van der Waals surface area (Å²) >= 11 is 3.54. The summed E-state index contributed by atoms with van der Waals surface area (Å²) in [5, 5.41) is 0. The van der Waals surface area contributed by atoms with E-state index in [4.69, 9.17) is 20.1 Å². The number of hydrogen-bond acceptors (Lipinski definition) is 5. The predicted octanol–water partition coefficient (Wildman–Crippen LogP) is 2.93. The van der Waals surface area contributed by atoms with Crippen LogP contribution in [0.1, 0.15) is 37.3 Å². The Hall–Kier alpha value is -0.820. The molecule has 1 aliphatic carbocycles. The second kappa shape index (κ2) is 6.96. The number of nitrogens with two attached hydrogens (primary N) is 1. The number of rotatable bonds is 6. The molecule has 6 heteroatoms. The van der Waals surface area contributed by atoms with Crippen LogP contribution in [0.5, 0.6) is 11.5 Å². The zero-order valence-electron chi connectivity index (χ0n) is 12.7. The number of halogens is 1. The van der Waals surface area contributed by atoms with Crippen molar-refractivity contribution in [3.63, 3.8) is 0 Å². The van der Waals surface area contributed by atoms with Gasteiger partial charge in [0.1, 0.15) is 16.0 Å². The van der Waals surface area contributed by atoms with Crippen LogP contribution in [0.15, 0.2) is 16.6 Å². The van der Waals surface area contributed by atoms with E-state index in [2.05, 4.69) is 21.4 Å². The third-order valence-corrected chi connectivity index (χ3v) is 5.13. The maximum atomic E-state index is 5.86. The van der Waals surface area contributed by atoms with Gasteiger partial charge < -0.3 is 14.2 Å². The third kappa shape index (κ3) is 2.90. The van der Waals surface area contributed by atoms with Gasteiger partial charge in [-0.2, -0.15) is 0 Å². The predicted molar refractivity (Wildman–Crippen MR) is 85.5 cm³/mol. The molecule has 1 saturated carbocycles. The lowest BCUT2D eigenvalue weighted by molar-refractivity contribution is -0.0374. The van der Waals surface area contributed by atoms with E-state index in [1.807, 2.05) is 12.1 Å². The molecule has 21 heavy (non-hydrogen) atoms. The van der Waals surface area contributed by atoms with E-state index < -0.39 is 0 Å². The van der Waals surface area contributed by atoms with Crippen LogP contribution in [0.4, 0.5) is 0 Å². The van der Waals surface area contributed by atoms with Crippen LogP contribution in [0.2, 0.25) is 0 Å². The molecule has 1 aromatic rings. The summed E-state index contributed by atoms with van der Waals surface area (Å²) < 4.78 is 17.5. The zero-order valence-corrected chi connectivity index (χ0v) is 14.3. The number of nitrogens with one attached hydrogen (secondary N) is 1. The van der Waals surface area contributed by atoms with Crippen LogP contribution >= 0.6 is 15.9 Å². The number of hydrazine groups is 1. The molecule has 1 aliphatic rings. The normalized spacial score (nSPS) is 18.5. The monoisotopic (exact) mass is 358 g/mol. The van der Waals surface area contributed by atoms with Gasteiger partial charge in [-0.3, -0.25) is 5.84 Å². The molecule has 0 aromatic heterocycles. The summed E-state index contributed by atoms with van der Waals surface area (Å²) in [6, 6.07) is 3.75. The van der Waals surface area contributed by atoms with Gasteiger partial charge in [0, 0.05) is 12.7 Å². The van der Waals surface area contributed by atoms with Crippen molar-refractivity contribution < 1.29 is 14.2 Å². The largest absolute Gasteiger partial charge is 0.495 e. The molecular weight excluding hydrogens is 336 g/mol. The molecule has 118 valence electrons. The van der Waals surface area contributed by atoms with Gasteiger partial charge in [-0.1, -0.05) is 12.8 Å². The van der Waals surface area contributed by atoms with Crippen molar-refractivity contribution >= 4 is 15.9 Å². The van der Waals surface area contributed by atoms with E-state index in [-0.39, 0.29) is 11.6 Å². The van der Waals surface area contributed by atoms with Gasteiger partial charge in [0.05, 0.1) is 25.9 Å². The molecule has 0 heterocycles. The van der Waals surface area contributed by atoms with E-state index in [0.29, 0.717) is 0 Å². The quantitative estimate of drug-likeness (QED) is 0.604. The molecule has 0 saturated heterocycles. The van der Waals surface area contributed by atoms with E-state index >= 15 is 0 Å². The minimum absolute atomic E-state index is 0.137. The molecular formula is C15H23BrN2O3. The standard InChI is InChI=1S/C15H23BrN2O3/c1-19-11-7-6-10(13(20-2)12(11)16)14(18-17)15(21-3)8-4-5-9-15/h6-7,14,18H,4-5,8-9,17H2,1-3H3. The second-order valence-electron chi connectivity index (χ2n) is 5.28. The first kappa shape index (κ1) is 16.5. The lowest BCUT2D eigenvalue weighted by atomic mass is 9.86. The minimum atomic E-state index is -0.296. The molecule has 5 nitrogen and oxygen atoms in total. The van der Waals surface area contributed by atoms with Gasteiger partial charge >= 0.3 is 0 Å². The van der Waals surface area contributed by atoms with Crippen molar-refractivity contribution in [2.75, 3.05) is 21.3 Å². The fourth-order valence-corrected chi connectivity index (χ4v) is 3.94. The number of benzene rings is 1. The third-order valence-electron chi connectivity index (χ3n) is 4.38. The molecule has 0 aliphatic heterocycles. The molecule has 0 spiro atoms. The van der Waals surface area contributed by atoms with Crippen LogP contribution in [-0.4, -0.2) is 26.9 Å². The van der Waals surface area contributed by atoms with Gasteiger partial charge in [0.2, 0.25) is 0 Å². The zero-order chi connectivity index (χ0) is 15.5. The van der Waals surface area contributed by atoms with E-state index in [9.17, 15) is 0 Å². The number of ether oxygens (including phenoxy) is 3. The highest BCUT2D eigenvalue weighted by Gasteiger charge is 2.43. The molecule has 3 N–H and O–H groups in total. The van der Waals surface area contributed by atoms with E-state index in [1.54, 1.807) is 21.3 Å². The first-order valence-electron chi connectivity index (χ1n) is 7.05. The SMILES string of the molecule is COc1ccc(C(NN)C2(OC)CCCC2)c(OC)c1Br. The van der Waals surface area contributed by atoms with Crippen molar-refractivity contribution in [1.82, 2.24) is 5.43 Å².